The fourth-order valence-corrected chi connectivity index (χ4v) is 4.50. The van der Waals surface area contributed by atoms with Crippen LogP contribution in [0.15, 0.2) is 53.5 Å². The Morgan fingerprint density at radius 2 is 1.91 bits per heavy atom. The first-order valence-electron chi connectivity index (χ1n) is 11.2. The fourth-order valence-electron chi connectivity index (χ4n) is 4.50. The van der Waals surface area contributed by atoms with Gasteiger partial charge < -0.3 is 15.4 Å². The van der Waals surface area contributed by atoms with Crippen molar-refractivity contribution >= 4 is 29.9 Å². The zero-order chi connectivity index (χ0) is 21.6. The molecule has 2 aromatic carbocycles. The summed E-state index contributed by atoms with van der Waals surface area (Å²) in [5, 5.41) is 7.11. The van der Waals surface area contributed by atoms with E-state index < -0.39 is 0 Å². The number of benzene rings is 2. The molecule has 0 amide bonds. The van der Waals surface area contributed by atoms with E-state index >= 15 is 0 Å². The van der Waals surface area contributed by atoms with Crippen LogP contribution in [0, 0.1) is 11.7 Å². The number of ether oxygens (including phenoxy) is 1. The van der Waals surface area contributed by atoms with Crippen LogP contribution in [0.25, 0.3) is 0 Å². The Kier molecular flexibility index (Phi) is 9.16. The molecule has 5 nitrogen and oxygen atoms in total. The van der Waals surface area contributed by atoms with Crippen molar-refractivity contribution in [3.05, 3.63) is 65.5 Å². The van der Waals surface area contributed by atoms with E-state index in [1.807, 2.05) is 13.1 Å². The summed E-state index contributed by atoms with van der Waals surface area (Å²) >= 11 is 0. The Hall–Kier alpha value is -1.87. The lowest BCUT2D eigenvalue weighted by atomic mass is 10.0. The first-order chi connectivity index (χ1) is 15.2. The Balaban J connectivity index is 0.00000289. The quantitative estimate of drug-likeness (QED) is 0.304. The molecule has 7 heteroatoms. The molecule has 2 fully saturated rings. The highest BCUT2D eigenvalue weighted by atomic mass is 127. The van der Waals surface area contributed by atoms with Gasteiger partial charge in [-0.3, -0.25) is 9.89 Å². The summed E-state index contributed by atoms with van der Waals surface area (Å²) < 4.78 is 18.9. The van der Waals surface area contributed by atoms with Gasteiger partial charge in [0.25, 0.3) is 0 Å². The van der Waals surface area contributed by atoms with Gasteiger partial charge in [0.15, 0.2) is 17.5 Å². The van der Waals surface area contributed by atoms with E-state index in [1.165, 1.54) is 19.1 Å². The van der Waals surface area contributed by atoms with Crippen molar-refractivity contribution in [1.29, 1.82) is 0 Å². The molecule has 2 N–H and O–H groups in total. The van der Waals surface area contributed by atoms with Crippen molar-refractivity contribution < 1.29 is 9.13 Å². The molecule has 1 saturated heterocycles. The second kappa shape index (κ2) is 11.8. The molecule has 1 saturated carbocycles. The molecular formula is C25H34FIN4O. The summed E-state index contributed by atoms with van der Waals surface area (Å²) in [4.78, 5) is 6.80. The first-order valence-corrected chi connectivity index (χ1v) is 11.2. The number of halogens is 2. The number of aliphatic imine (C=N–C) groups is 1. The lowest BCUT2D eigenvalue weighted by Gasteiger charge is -2.33. The predicted molar refractivity (Wildman–Crippen MR) is 138 cm³/mol. The monoisotopic (exact) mass is 552 g/mol. The second-order valence-electron chi connectivity index (χ2n) is 8.63. The molecule has 1 aliphatic carbocycles. The Morgan fingerprint density at radius 3 is 2.56 bits per heavy atom. The van der Waals surface area contributed by atoms with Crippen molar-refractivity contribution in [1.82, 2.24) is 15.5 Å². The minimum atomic E-state index is -0.295. The Bertz CT molecular complexity index is 887. The van der Waals surface area contributed by atoms with E-state index in [4.69, 9.17) is 4.74 Å². The van der Waals surface area contributed by atoms with Gasteiger partial charge >= 0.3 is 0 Å². The number of rotatable bonds is 7. The molecule has 0 aromatic heterocycles. The molecule has 0 bridgehead atoms. The van der Waals surface area contributed by atoms with Gasteiger partial charge in [-0.05, 0) is 54.4 Å². The average Bonchev–Trinajstić information content (AvgIpc) is 3.58. The number of hydrogen-bond donors (Lipinski definition) is 2. The van der Waals surface area contributed by atoms with E-state index in [2.05, 4.69) is 50.9 Å². The van der Waals surface area contributed by atoms with Crippen molar-refractivity contribution in [2.45, 2.75) is 37.8 Å². The molecule has 2 unspecified atom stereocenters. The maximum Gasteiger partial charge on any atom is 0.191 e. The molecule has 1 heterocycles. The predicted octanol–water partition coefficient (Wildman–Crippen LogP) is 4.39. The molecule has 1 aliphatic heterocycles. The van der Waals surface area contributed by atoms with Gasteiger partial charge in [-0.2, -0.15) is 0 Å². The highest BCUT2D eigenvalue weighted by Crippen LogP contribution is 2.46. The average molecular weight is 552 g/mol. The van der Waals surface area contributed by atoms with Gasteiger partial charge in [0, 0.05) is 39.3 Å². The molecule has 4 rings (SSSR count). The lowest BCUT2D eigenvalue weighted by molar-refractivity contribution is 0.198. The summed E-state index contributed by atoms with van der Waals surface area (Å²) in [6.07, 6.45) is 3.35. The third kappa shape index (κ3) is 6.57. The van der Waals surface area contributed by atoms with Gasteiger partial charge in [-0.25, -0.2) is 4.39 Å². The lowest BCUT2D eigenvalue weighted by Crippen LogP contribution is -2.48. The van der Waals surface area contributed by atoms with E-state index in [0.29, 0.717) is 23.6 Å². The van der Waals surface area contributed by atoms with Crippen LogP contribution in [0.4, 0.5) is 4.39 Å². The zero-order valence-electron chi connectivity index (χ0n) is 18.9. The number of piperidine rings is 1. The topological polar surface area (TPSA) is 48.9 Å². The highest BCUT2D eigenvalue weighted by molar-refractivity contribution is 14.0. The SMILES string of the molecule is CN=C(NCC1CC1c1ccccc1)NC1CCN(Cc2ccc(OC)c(F)c2)CC1.I. The van der Waals surface area contributed by atoms with Crippen LogP contribution in [0.1, 0.15) is 36.3 Å². The summed E-state index contributed by atoms with van der Waals surface area (Å²) in [5.74, 6) is 2.27. The van der Waals surface area contributed by atoms with Crippen LogP contribution in [0.5, 0.6) is 5.75 Å². The summed E-state index contributed by atoms with van der Waals surface area (Å²) in [6, 6.07) is 16.4. The van der Waals surface area contributed by atoms with Crippen LogP contribution in [0.2, 0.25) is 0 Å². The number of guanidine groups is 1. The van der Waals surface area contributed by atoms with E-state index in [-0.39, 0.29) is 29.8 Å². The minimum Gasteiger partial charge on any atom is -0.494 e. The van der Waals surface area contributed by atoms with Gasteiger partial charge in [0.2, 0.25) is 0 Å². The smallest absolute Gasteiger partial charge is 0.191 e. The van der Waals surface area contributed by atoms with Crippen molar-refractivity contribution in [2.75, 3.05) is 33.8 Å². The van der Waals surface area contributed by atoms with E-state index in [9.17, 15) is 4.39 Å². The molecule has 0 radical (unpaired) electrons. The van der Waals surface area contributed by atoms with Gasteiger partial charge in [0.1, 0.15) is 0 Å². The molecule has 2 aromatic rings. The number of hydrogen-bond acceptors (Lipinski definition) is 3. The summed E-state index contributed by atoms with van der Waals surface area (Å²) in [5.41, 5.74) is 2.43. The van der Waals surface area contributed by atoms with E-state index in [0.717, 1.165) is 50.5 Å². The molecule has 0 spiro atoms. The Labute approximate surface area is 207 Å². The van der Waals surface area contributed by atoms with Crippen LogP contribution in [-0.4, -0.2) is 50.7 Å². The van der Waals surface area contributed by atoms with Crippen molar-refractivity contribution in [2.24, 2.45) is 10.9 Å². The van der Waals surface area contributed by atoms with Gasteiger partial charge in [0.05, 0.1) is 7.11 Å². The fraction of sp³-hybridized carbons (Fsp3) is 0.480. The standard InChI is InChI=1S/C25H33FN4O.HI/c1-27-25(28-16-20-15-22(20)19-6-4-3-5-7-19)29-21-10-12-30(13-11-21)17-18-8-9-24(31-2)23(26)14-18;/h3-9,14,20-22H,10-13,15-17H2,1-2H3,(H2,27,28,29);1H. The maximum absolute atomic E-state index is 13.9. The number of nitrogens with zero attached hydrogens (tertiary/aromatic N) is 2. The molecule has 32 heavy (non-hydrogen) atoms. The normalized spacial score (nSPS) is 21.5. The van der Waals surface area contributed by atoms with Crippen molar-refractivity contribution in [3.8, 4) is 5.75 Å². The maximum atomic E-state index is 13.9. The van der Waals surface area contributed by atoms with Gasteiger partial charge in [-0.1, -0.05) is 36.4 Å². The second-order valence-corrected chi connectivity index (χ2v) is 8.63. The van der Waals surface area contributed by atoms with Crippen LogP contribution < -0.4 is 15.4 Å². The third-order valence-corrected chi connectivity index (χ3v) is 6.46. The minimum absolute atomic E-state index is 0. The first kappa shape index (κ1) is 24.8. The molecule has 2 aliphatic rings. The van der Waals surface area contributed by atoms with E-state index in [1.54, 1.807) is 12.1 Å². The summed E-state index contributed by atoms with van der Waals surface area (Å²) in [6.45, 7) is 3.70. The zero-order valence-corrected chi connectivity index (χ0v) is 21.2. The number of nitrogens with one attached hydrogen (secondary N) is 2. The number of methoxy groups -OCH3 is 1. The molecule has 174 valence electrons. The summed E-state index contributed by atoms with van der Waals surface area (Å²) in [7, 11) is 3.33. The third-order valence-electron chi connectivity index (χ3n) is 6.46. The number of likely N-dealkylation sites (tertiary alicyclic amines) is 1. The van der Waals surface area contributed by atoms with Crippen LogP contribution in [0.3, 0.4) is 0 Å². The van der Waals surface area contributed by atoms with Crippen LogP contribution >= 0.6 is 24.0 Å². The largest absolute Gasteiger partial charge is 0.494 e. The highest BCUT2D eigenvalue weighted by Gasteiger charge is 2.37. The van der Waals surface area contributed by atoms with Crippen LogP contribution in [-0.2, 0) is 6.54 Å². The van der Waals surface area contributed by atoms with Gasteiger partial charge in [-0.15, -0.1) is 24.0 Å². The molecule has 2 atom stereocenters. The Morgan fingerprint density at radius 1 is 1.16 bits per heavy atom. The molecular weight excluding hydrogens is 518 g/mol. The van der Waals surface area contributed by atoms with Crippen molar-refractivity contribution in [3.63, 3.8) is 0 Å².